The van der Waals surface area contributed by atoms with Gasteiger partial charge in [-0.2, -0.15) is 0 Å². The highest BCUT2D eigenvalue weighted by molar-refractivity contribution is 7.19. The van der Waals surface area contributed by atoms with Crippen LogP contribution >= 0.6 is 11.3 Å². The van der Waals surface area contributed by atoms with Gasteiger partial charge in [-0.25, -0.2) is 0 Å². The predicted octanol–water partition coefficient (Wildman–Crippen LogP) is 2.11. The minimum atomic E-state index is -0.0664. The van der Waals surface area contributed by atoms with E-state index in [1.54, 1.807) is 7.11 Å². The second kappa shape index (κ2) is 6.01. The van der Waals surface area contributed by atoms with E-state index in [-0.39, 0.29) is 17.7 Å². The van der Waals surface area contributed by atoms with Crippen LogP contribution in [0.4, 0.5) is 10.7 Å². The molecule has 2 heterocycles. The van der Waals surface area contributed by atoms with Gasteiger partial charge in [0.15, 0.2) is 11.5 Å². The van der Waals surface area contributed by atoms with E-state index in [1.807, 2.05) is 13.8 Å². The number of nitrogen functional groups attached to an aromatic ring is 1. The van der Waals surface area contributed by atoms with Gasteiger partial charge in [0.05, 0.1) is 17.7 Å². The molecule has 0 aromatic carbocycles. The molecule has 0 amide bonds. The first-order valence-electron chi connectivity index (χ1n) is 6.96. The molecule has 2 rings (SSSR count). The van der Waals surface area contributed by atoms with Crippen LogP contribution in [0.5, 0.6) is 5.75 Å². The molecular weight excluding hydrogens is 274 g/mol. The smallest absolute Gasteiger partial charge is 0.177 e. The molecule has 1 fully saturated rings. The van der Waals surface area contributed by atoms with Gasteiger partial charge in [-0.3, -0.25) is 4.79 Å². The number of hydrogen-bond donors (Lipinski definition) is 2. The average molecular weight is 297 g/mol. The van der Waals surface area contributed by atoms with Gasteiger partial charge < -0.3 is 21.1 Å². The van der Waals surface area contributed by atoms with Crippen LogP contribution in [0.15, 0.2) is 0 Å². The lowest BCUT2D eigenvalue weighted by Gasteiger charge is -2.31. The van der Waals surface area contributed by atoms with Crippen LogP contribution in [-0.2, 0) is 0 Å². The molecule has 0 unspecified atom stereocenters. The van der Waals surface area contributed by atoms with E-state index in [1.165, 1.54) is 11.3 Å². The summed E-state index contributed by atoms with van der Waals surface area (Å²) >= 11 is 1.44. The first kappa shape index (κ1) is 15.1. The van der Waals surface area contributed by atoms with Crippen molar-refractivity contribution in [3.05, 3.63) is 4.88 Å². The number of hydrogen-bond acceptors (Lipinski definition) is 6. The van der Waals surface area contributed by atoms with E-state index in [0.29, 0.717) is 16.3 Å². The summed E-state index contributed by atoms with van der Waals surface area (Å²) in [5.74, 6) is 0.642. The van der Waals surface area contributed by atoms with Crippen LogP contribution in [0, 0.1) is 5.92 Å². The highest BCUT2D eigenvalue weighted by Crippen LogP contribution is 2.46. The van der Waals surface area contributed by atoms with Gasteiger partial charge in [0, 0.05) is 25.0 Å². The zero-order valence-corrected chi connectivity index (χ0v) is 13.1. The zero-order chi connectivity index (χ0) is 14.9. The van der Waals surface area contributed by atoms with Gasteiger partial charge in [0.1, 0.15) is 5.00 Å². The lowest BCUT2D eigenvalue weighted by atomic mass is 10.1. The zero-order valence-electron chi connectivity index (χ0n) is 12.3. The molecule has 1 aliphatic rings. The number of ether oxygens (including phenoxy) is 1. The highest BCUT2D eigenvalue weighted by Gasteiger charge is 2.28. The van der Waals surface area contributed by atoms with Gasteiger partial charge in [-0.05, 0) is 12.8 Å². The van der Waals surface area contributed by atoms with Crippen LogP contribution < -0.4 is 21.1 Å². The topological polar surface area (TPSA) is 81.6 Å². The fraction of sp³-hybridized carbons (Fsp3) is 0.643. The van der Waals surface area contributed by atoms with Crippen LogP contribution in [0.3, 0.4) is 0 Å². The fourth-order valence-corrected chi connectivity index (χ4v) is 3.70. The second-order valence-electron chi connectivity index (χ2n) is 5.53. The Kier molecular flexibility index (Phi) is 4.55. The van der Waals surface area contributed by atoms with Crippen molar-refractivity contribution in [2.45, 2.75) is 32.7 Å². The van der Waals surface area contributed by atoms with Gasteiger partial charge in [0.25, 0.3) is 0 Å². The molecule has 0 saturated carbocycles. The number of thiophene rings is 1. The van der Waals surface area contributed by atoms with Crippen LogP contribution in [0.2, 0.25) is 0 Å². The molecule has 5 nitrogen and oxygen atoms in total. The number of ketones is 1. The van der Waals surface area contributed by atoms with Gasteiger partial charge in [0.2, 0.25) is 0 Å². The number of nitrogens with zero attached hydrogens (tertiary/aromatic N) is 1. The molecule has 0 radical (unpaired) electrons. The summed E-state index contributed by atoms with van der Waals surface area (Å²) < 4.78 is 5.43. The van der Waals surface area contributed by atoms with Crippen LogP contribution in [-0.4, -0.2) is 32.0 Å². The number of nitrogens with two attached hydrogens (primary N) is 2. The van der Waals surface area contributed by atoms with Gasteiger partial charge >= 0.3 is 0 Å². The Labute approximate surface area is 123 Å². The Bertz CT molecular complexity index is 491. The normalized spacial score (nSPS) is 16.8. The molecule has 0 bridgehead atoms. The number of Topliss-reactive ketones (excluding diaryl/α,β-unsaturated/α-hetero) is 1. The van der Waals surface area contributed by atoms with E-state index >= 15 is 0 Å². The van der Waals surface area contributed by atoms with Crippen molar-refractivity contribution in [3.63, 3.8) is 0 Å². The summed E-state index contributed by atoms with van der Waals surface area (Å²) in [6, 6.07) is 0.270. The first-order chi connectivity index (χ1) is 9.45. The van der Waals surface area contributed by atoms with Crippen molar-refractivity contribution < 1.29 is 9.53 Å². The summed E-state index contributed by atoms with van der Waals surface area (Å²) in [7, 11) is 1.60. The Balaban J connectivity index is 2.33. The number of anilines is 2. The van der Waals surface area contributed by atoms with E-state index < -0.39 is 0 Å². The standard InChI is InChI=1S/C14H23N3O2S/c1-8(2)11(18)13-10(16)12(19-3)14(20-13)17-6-4-9(15)5-7-17/h8-9H,4-7,15-16H2,1-3H3. The summed E-state index contributed by atoms with van der Waals surface area (Å²) in [5.41, 5.74) is 12.5. The molecule has 112 valence electrons. The lowest BCUT2D eigenvalue weighted by Crippen LogP contribution is -2.39. The summed E-state index contributed by atoms with van der Waals surface area (Å²) in [5, 5.41) is 0.959. The molecule has 0 aliphatic carbocycles. The van der Waals surface area contributed by atoms with Crippen molar-refractivity contribution >= 4 is 27.8 Å². The molecule has 1 aromatic rings. The van der Waals surface area contributed by atoms with E-state index in [0.717, 1.165) is 30.9 Å². The van der Waals surface area contributed by atoms with Crippen LogP contribution in [0.1, 0.15) is 36.4 Å². The highest BCUT2D eigenvalue weighted by atomic mass is 32.1. The molecule has 1 aromatic heterocycles. The number of carbonyl (C=O) groups is 1. The Morgan fingerprint density at radius 2 is 2.00 bits per heavy atom. The third-order valence-electron chi connectivity index (χ3n) is 3.66. The third-order valence-corrected chi connectivity index (χ3v) is 4.92. The molecule has 20 heavy (non-hydrogen) atoms. The molecular formula is C14H23N3O2S. The monoisotopic (exact) mass is 297 g/mol. The van der Waals surface area contributed by atoms with Gasteiger partial charge in [-0.15, -0.1) is 11.3 Å². The van der Waals surface area contributed by atoms with Crippen molar-refractivity contribution in [1.82, 2.24) is 0 Å². The largest absolute Gasteiger partial charge is 0.492 e. The van der Waals surface area contributed by atoms with Crippen molar-refractivity contribution in [2.24, 2.45) is 11.7 Å². The summed E-state index contributed by atoms with van der Waals surface area (Å²) in [6.07, 6.45) is 1.91. The summed E-state index contributed by atoms with van der Waals surface area (Å²) in [6.45, 7) is 5.53. The molecule has 0 spiro atoms. The van der Waals surface area contributed by atoms with Crippen molar-refractivity contribution in [3.8, 4) is 5.75 Å². The Morgan fingerprint density at radius 3 is 2.50 bits per heavy atom. The van der Waals surface area contributed by atoms with E-state index in [2.05, 4.69) is 4.90 Å². The van der Waals surface area contributed by atoms with Crippen molar-refractivity contribution in [1.29, 1.82) is 0 Å². The van der Waals surface area contributed by atoms with Gasteiger partial charge in [-0.1, -0.05) is 13.8 Å². The predicted molar refractivity (Wildman–Crippen MR) is 83.9 cm³/mol. The fourth-order valence-electron chi connectivity index (χ4n) is 2.37. The van der Waals surface area contributed by atoms with Crippen molar-refractivity contribution in [2.75, 3.05) is 30.8 Å². The summed E-state index contributed by atoms with van der Waals surface area (Å²) in [4.78, 5) is 15.1. The van der Waals surface area contributed by atoms with Crippen LogP contribution in [0.25, 0.3) is 0 Å². The number of piperidine rings is 1. The Morgan fingerprint density at radius 1 is 1.40 bits per heavy atom. The minimum Gasteiger partial charge on any atom is -0.492 e. The maximum Gasteiger partial charge on any atom is 0.177 e. The van der Waals surface area contributed by atoms with E-state index in [9.17, 15) is 4.79 Å². The number of methoxy groups -OCH3 is 1. The second-order valence-corrected chi connectivity index (χ2v) is 6.53. The Hall–Kier alpha value is -1.27. The molecule has 1 saturated heterocycles. The maximum atomic E-state index is 12.2. The van der Waals surface area contributed by atoms with E-state index in [4.69, 9.17) is 16.2 Å². The first-order valence-corrected chi connectivity index (χ1v) is 7.78. The minimum absolute atomic E-state index is 0.0664. The molecule has 1 aliphatic heterocycles. The number of carbonyl (C=O) groups excluding carboxylic acids is 1. The quantitative estimate of drug-likeness (QED) is 0.832. The molecule has 6 heteroatoms. The molecule has 0 atom stereocenters. The lowest BCUT2D eigenvalue weighted by molar-refractivity contribution is 0.0944. The maximum absolute atomic E-state index is 12.2. The number of rotatable bonds is 4. The third kappa shape index (κ3) is 2.76. The molecule has 4 N–H and O–H groups in total. The average Bonchev–Trinajstić information content (AvgIpc) is 2.75. The SMILES string of the molecule is COc1c(N2CCC(N)CC2)sc(C(=O)C(C)C)c1N.